The van der Waals surface area contributed by atoms with Crippen LogP contribution in [-0.2, 0) is 10.0 Å². The van der Waals surface area contributed by atoms with Gasteiger partial charge >= 0.3 is 0 Å². The fourth-order valence-corrected chi connectivity index (χ4v) is 5.50. The number of aliphatic hydroxyl groups excluding tert-OH is 1. The van der Waals surface area contributed by atoms with Crippen LogP contribution >= 0.6 is 0 Å². The van der Waals surface area contributed by atoms with Crippen molar-refractivity contribution in [2.75, 3.05) is 39.3 Å². The molecule has 2 heterocycles. The minimum atomic E-state index is -3.67. The maximum atomic E-state index is 13.3. The lowest BCUT2D eigenvalue weighted by atomic mass is 10.2. The second kappa shape index (κ2) is 9.85. The Balaban J connectivity index is 1.33. The summed E-state index contributed by atoms with van der Waals surface area (Å²) in [4.78, 5) is 6.63. The molecule has 1 atom stereocenters. The number of β-amino-alcohol motifs (C(OH)–C–C–N with tert-alkyl or cyclic N) is 1. The zero-order valence-electron chi connectivity index (χ0n) is 18.4. The Kier molecular flexibility index (Phi) is 6.91. The van der Waals surface area contributed by atoms with Crippen LogP contribution in [0, 0.1) is 18.3 Å². The molecule has 33 heavy (non-hydrogen) atoms. The van der Waals surface area contributed by atoms with Crippen LogP contribution < -0.4 is 4.74 Å². The molecule has 4 rings (SSSR count). The molecule has 0 radical (unpaired) electrons. The summed E-state index contributed by atoms with van der Waals surface area (Å²) in [6.07, 6.45) is 0.968. The highest BCUT2D eigenvalue weighted by atomic mass is 32.2. The smallest absolute Gasteiger partial charge is 0.245 e. The Labute approximate surface area is 193 Å². The molecular weight excluding hydrogens is 440 g/mol. The van der Waals surface area contributed by atoms with Crippen LogP contribution in [0.1, 0.15) is 11.1 Å². The average Bonchev–Trinajstić information content (AvgIpc) is 2.83. The van der Waals surface area contributed by atoms with E-state index in [-0.39, 0.29) is 11.5 Å². The highest BCUT2D eigenvalue weighted by molar-refractivity contribution is 7.89. The molecule has 1 aliphatic rings. The monoisotopic (exact) mass is 466 g/mol. The lowest BCUT2D eigenvalue weighted by molar-refractivity contribution is 0.0569. The van der Waals surface area contributed by atoms with Gasteiger partial charge in [0.05, 0.1) is 17.1 Å². The van der Waals surface area contributed by atoms with E-state index in [1.807, 2.05) is 30.0 Å². The molecule has 1 aromatic heterocycles. The summed E-state index contributed by atoms with van der Waals surface area (Å²) in [6.45, 7) is 4.15. The molecule has 0 spiro atoms. The van der Waals surface area contributed by atoms with Crippen molar-refractivity contribution < 1.29 is 18.3 Å². The topological polar surface area (TPSA) is 107 Å². The van der Waals surface area contributed by atoms with Gasteiger partial charge in [0.25, 0.3) is 0 Å². The number of aryl methyl sites for hydroxylation is 1. The minimum Gasteiger partial charge on any atom is -0.491 e. The third-order valence-electron chi connectivity index (χ3n) is 5.65. The molecule has 172 valence electrons. The molecule has 0 aliphatic carbocycles. The summed E-state index contributed by atoms with van der Waals surface area (Å²) in [5, 5.41) is 20.0. The highest BCUT2D eigenvalue weighted by Crippen LogP contribution is 2.25. The van der Waals surface area contributed by atoms with Crippen LogP contribution in [0.5, 0.6) is 5.75 Å². The van der Waals surface area contributed by atoms with Crippen molar-refractivity contribution in [2.45, 2.75) is 17.9 Å². The lowest BCUT2D eigenvalue weighted by Crippen LogP contribution is -2.50. The van der Waals surface area contributed by atoms with Crippen LogP contribution in [-0.4, -0.2) is 73.1 Å². The van der Waals surface area contributed by atoms with Gasteiger partial charge < -0.3 is 9.84 Å². The molecule has 8 nitrogen and oxygen atoms in total. The number of hydrogen-bond acceptors (Lipinski definition) is 7. The number of pyridine rings is 1. The van der Waals surface area contributed by atoms with E-state index in [1.54, 1.807) is 42.6 Å². The summed E-state index contributed by atoms with van der Waals surface area (Å²) in [7, 11) is -3.67. The van der Waals surface area contributed by atoms with E-state index in [0.29, 0.717) is 49.6 Å². The predicted octanol–water partition coefficient (Wildman–Crippen LogP) is 2.16. The van der Waals surface area contributed by atoms with Gasteiger partial charge in [0.2, 0.25) is 10.0 Å². The first-order chi connectivity index (χ1) is 15.9. The number of piperazine rings is 1. The SMILES string of the molecule is Cc1cnc2c(S(=O)(=O)N3CCN(CC(O)COc4ccc(C#N)cc4)CC3)cccc2c1. The molecule has 0 saturated carbocycles. The van der Waals surface area contributed by atoms with E-state index in [0.717, 1.165) is 10.9 Å². The molecular formula is C24H26N4O4S. The van der Waals surface area contributed by atoms with E-state index in [1.165, 1.54) is 4.31 Å². The molecule has 2 aromatic carbocycles. The number of fused-ring (bicyclic) bond motifs is 1. The van der Waals surface area contributed by atoms with Gasteiger partial charge in [0, 0.05) is 44.3 Å². The maximum absolute atomic E-state index is 13.3. The molecule has 1 aliphatic heterocycles. The molecule has 0 bridgehead atoms. The van der Waals surface area contributed by atoms with Gasteiger partial charge in [-0.1, -0.05) is 12.1 Å². The van der Waals surface area contributed by atoms with E-state index in [2.05, 4.69) is 4.98 Å². The summed E-state index contributed by atoms with van der Waals surface area (Å²) >= 11 is 0. The first-order valence-corrected chi connectivity index (χ1v) is 12.2. The van der Waals surface area contributed by atoms with Crippen molar-refractivity contribution in [3.8, 4) is 11.8 Å². The van der Waals surface area contributed by atoms with Crippen LogP contribution in [0.3, 0.4) is 0 Å². The first-order valence-electron chi connectivity index (χ1n) is 10.8. The normalized spacial score (nSPS) is 16.4. The third-order valence-corrected chi connectivity index (χ3v) is 7.58. The zero-order valence-corrected chi connectivity index (χ0v) is 19.2. The number of para-hydroxylation sites is 1. The molecule has 1 unspecified atom stereocenters. The Hall–Kier alpha value is -3.03. The molecule has 1 saturated heterocycles. The summed E-state index contributed by atoms with van der Waals surface area (Å²) in [5.74, 6) is 0.586. The second-order valence-corrected chi connectivity index (χ2v) is 10.1. The van der Waals surface area contributed by atoms with Crippen molar-refractivity contribution in [3.05, 3.63) is 65.9 Å². The Morgan fingerprint density at radius 2 is 1.88 bits per heavy atom. The quantitative estimate of drug-likeness (QED) is 0.569. The zero-order chi connectivity index (χ0) is 23.4. The fraction of sp³-hybridized carbons (Fsp3) is 0.333. The summed E-state index contributed by atoms with van der Waals surface area (Å²) < 4.78 is 33.7. The Morgan fingerprint density at radius 3 is 2.58 bits per heavy atom. The standard InChI is InChI=1S/C24H26N4O4S/c1-18-13-20-3-2-4-23(24(20)26-15-18)33(30,31)28-11-9-27(10-12-28)16-21(29)17-32-22-7-5-19(14-25)6-8-22/h2-8,13,15,21,29H,9-12,16-17H2,1H3. The Morgan fingerprint density at radius 1 is 1.15 bits per heavy atom. The Bertz CT molecular complexity index is 1260. The van der Waals surface area contributed by atoms with Crippen molar-refractivity contribution in [1.29, 1.82) is 5.26 Å². The number of sulfonamides is 1. The lowest BCUT2D eigenvalue weighted by Gasteiger charge is -2.34. The van der Waals surface area contributed by atoms with Crippen LogP contribution in [0.15, 0.2) is 59.6 Å². The van der Waals surface area contributed by atoms with Gasteiger partial charge in [0.1, 0.15) is 23.4 Å². The summed E-state index contributed by atoms with van der Waals surface area (Å²) in [5.41, 5.74) is 2.01. The van der Waals surface area contributed by atoms with Crippen LogP contribution in [0.2, 0.25) is 0 Å². The predicted molar refractivity (Wildman–Crippen MR) is 124 cm³/mol. The van der Waals surface area contributed by atoms with Gasteiger partial charge in [-0.25, -0.2) is 8.42 Å². The van der Waals surface area contributed by atoms with Gasteiger partial charge in [0.15, 0.2) is 0 Å². The number of aromatic nitrogens is 1. The minimum absolute atomic E-state index is 0.117. The van der Waals surface area contributed by atoms with E-state index in [4.69, 9.17) is 10.00 Å². The molecule has 0 amide bonds. The fourth-order valence-electron chi connectivity index (χ4n) is 3.91. The number of ether oxygens (including phenoxy) is 1. The molecule has 1 N–H and O–H groups in total. The van der Waals surface area contributed by atoms with Gasteiger partial charge in [-0.05, 0) is 48.9 Å². The summed E-state index contributed by atoms with van der Waals surface area (Å²) in [6, 6.07) is 15.9. The van der Waals surface area contributed by atoms with Crippen molar-refractivity contribution >= 4 is 20.9 Å². The number of hydrogen-bond donors (Lipinski definition) is 1. The number of rotatable bonds is 7. The first kappa shape index (κ1) is 23.1. The molecule has 9 heteroatoms. The van der Waals surface area contributed by atoms with Crippen molar-refractivity contribution in [2.24, 2.45) is 0 Å². The number of nitrogens with zero attached hydrogens (tertiary/aromatic N) is 4. The van der Waals surface area contributed by atoms with Gasteiger partial charge in [-0.3, -0.25) is 9.88 Å². The molecule has 3 aromatic rings. The number of aliphatic hydroxyl groups is 1. The maximum Gasteiger partial charge on any atom is 0.245 e. The van der Waals surface area contributed by atoms with Gasteiger partial charge in [-0.2, -0.15) is 9.57 Å². The number of nitriles is 1. The van der Waals surface area contributed by atoms with Gasteiger partial charge in [-0.15, -0.1) is 0 Å². The van der Waals surface area contributed by atoms with E-state index in [9.17, 15) is 13.5 Å². The van der Waals surface area contributed by atoms with E-state index >= 15 is 0 Å². The largest absolute Gasteiger partial charge is 0.491 e. The molecule has 1 fully saturated rings. The second-order valence-electron chi connectivity index (χ2n) is 8.15. The van der Waals surface area contributed by atoms with Crippen LogP contribution in [0.4, 0.5) is 0 Å². The van der Waals surface area contributed by atoms with E-state index < -0.39 is 16.1 Å². The van der Waals surface area contributed by atoms with Crippen molar-refractivity contribution in [3.63, 3.8) is 0 Å². The highest BCUT2D eigenvalue weighted by Gasteiger charge is 2.30. The van der Waals surface area contributed by atoms with Crippen molar-refractivity contribution in [1.82, 2.24) is 14.2 Å². The van der Waals surface area contributed by atoms with Crippen LogP contribution in [0.25, 0.3) is 10.9 Å². The average molecular weight is 467 g/mol. The number of benzene rings is 2. The third kappa shape index (κ3) is 5.31.